The largest absolute Gasteiger partial charge is 0.366 e. The van der Waals surface area contributed by atoms with Crippen molar-refractivity contribution in [2.45, 2.75) is 13.0 Å². The van der Waals surface area contributed by atoms with E-state index in [0.29, 0.717) is 17.5 Å². The molecule has 0 radical (unpaired) electrons. The number of pyridine rings is 1. The minimum atomic E-state index is -1.05. The zero-order valence-electron chi connectivity index (χ0n) is 13.0. The van der Waals surface area contributed by atoms with Gasteiger partial charge in [0.05, 0.1) is 0 Å². The van der Waals surface area contributed by atoms with Crippen LogP contribution in [0.1, 0.15) is 21.6 Å². The molecular formula is C17H18N4O3. The second kappa shape index (κ2) is 7.87. The fourth-order valence-electron chi connectivity index (χ4n) is 2.31. The second-order valence-electron chi connectivity index (χ2n) is 5.18. The fourth-order valence-corrected chi connectivity index (χ4v) is 2.31. The molecule has 0 unspecified atom stereocenters. The maximum atomic E-state index is 12.1. The number of rotatable bonds is 6. The highest BCUT2D eigenvalue weighted by atomic mass is 16.2. The number of hydrogen-bond donors (Lipinski definition) is 2. The first-order chi connectivity index (χ1) is 11.5. The number of primary amides is 2. The topological polar surface area (TPSA) is 119 Å². The molecule has 7 nitrogen and oxygen atoms in total. The predicted octanol–water partition coefficient (Wildman–Crippen LogP) is 0.237. The molecule has 3 amide bonds. The summed E-state index contributed by atoms with van der Waals surface area (Å²) in [4.78, 5) is 40.3. The first-order valence-corrected chi connectivity index (χ1v) is 7.35. The van der Waals surface area contributed by atoms with Gasteiger partial charge in [-0.25, -0.2) is 0 Å². The number of carbonyl (C=O) groups excluding carboxylic acids is 3. The van der Waals surface area contributed by atoms with Crippen molar-refractivity contribution in [2.75, 3.05) is 6.54 Å². The molecule has 0 saturated heterocycles. The highest BCUT2D eigenvalue weighted by molar-refractivity contribution is 6.34. The zero-order chi connectivity index (χ0) is 17.5. The molecule has 2 aromatic rings. The van der Waals surface area contributed by atoms with E-state index >= 15 is 0 Å². The van der Waals surface area contributed by atoms with Gasteiger partial charge < -0.3 is 16.4 Å². The first kappa shape index (κ1) is 17.1. The van der Waals surface area contributed by atoms with Crippen LogP contribution in [0.5, 0.6) is 0 Å². The smallest absolute Gasteiger partial charge is 0.311 e. The molecule has 7 heteroatoms. The van der Waals surface area contributed by atoms with E-state index in [2.05, 4.69) is 4.98 Å². The van der Waals surface area contributed by atoms with Crippen LogP contribution in [0.2, 0.25) is 0 Å². The van der Waals surface area contributed by atoms with Gasteiger partial charge in [0.25, 0.3) is 0 Å². The van der Waals surface area contributed by atoms with Crippen LogP contribution in [-0.2, 0) is 22.6 Å². The highest BCUT2D eigenvalue weighted by Gasteiger charge is 2.21. The average Bonchev–Trinajstić information content (AvgIpc) is 2.59. The van der Waals surface area contributed by atoms with E-state index < -0.39 is 17.7 Å². The minimum absolute atomic E-state index is 0.0632. The van der Waals surface area contributed by atoms with Crippen LogP contribution in [0.25, 0.3) is 0 Å². The molecule has 1 heterocycles. The Balaban J connectivity index is 2.19. The quantitative estimate of drug-likeness (QED) is 0.739. The van der Waals surface area contributed by atoms with Crippen molar-refractivity contribution in [1.82, 2.24) is 9.88 Å². The fraction of sp³-hybridized carbons (Fsp3) is 0.176. The Hall–Kier alpha value is -3.22. The van der Waals surface area contributed by atoms with Crippen LogP contribution >= 0.6 is 0 Å². The van der Waals surface area contributed by atoms with Crippen LogP contribution in [0, 0.1) is 0 Å². The van der Waals surface area contributed by atoms with Gasteiger partial charge in [0.2, 0.25) is 5.91 Å². The molecule has 124 valence electrons. The number of amides is 3. The van der Waals surface area contributed by atoms with Crippen molar-refractivity contribution in [3.63, 3.8) is 0 Å². The third-order valence-electron chi connectivity index (χ3n) is 3.51. The summed E-state index contributed by atoms with van der Waals surface area (Å²) in [5.74, 6) is -2.46. The SMILES string of the molecule is NC(=O)C(=O)N(CCc1ccccn1)Cc1ccccc1C(N)=O. The van der Waals surface area contributed by atoms with Crippen LogP contribution < -0.4 is 11.5 Å². The van der Waals surface area contributed by atoms with Crippen LogP contribution in [-0.4, -0.2) is 34.2 Å². The lowest BCUT2D eigenvalue weighted by Gasteiger charge is -2.22. The van der Waals surface area contributed by atoms with Crippen molar-refractivity contribution in [2.24, 2.45) is 11.5 Å². The number of nitrogens with two attached hydrogens (primary N) is 2. The Morgan fingerprint density at radius 2 is 1.71 bits per heavy atom. The van der Waals surface area contributed by atoms with Crippen molar-refractivity contribution >= 4 is 17.7 Å². The van der Waals surface area contributed by atoms with E-state index in [1.807, 2.05) is 12.1 Å². The molecule has 0 spiro atoms. The van der Waals surface area contributed by atoms with Crippen molar-refractivity contribution in [3.8, 4) is 0 Å². The maximum absolute atomic E-state index is 12.1. The molecule has 0 aliphatic heterocycles. The Labute approximate surface area is 139 Å². The summed E-state index contributed by atoms with van der Waals surface area (Å²) in [5.41, 5.74) is 12.1. The predicted molar refractivity (Wildman–Crippen MR) is 87.5 cm³/mol. The average molecular weight is 326 g/mol. The molecule has 1 aromatic carbocycles. The minimum Gasteiger partial charge on any atom is -0.366 e. The molecule has 0 aliphatic rings. The number of benzene rings is 1. The molecular weight excluding hydrogens is 308 g/mol. The summed E-state index contributed by atoms with van der Waals surface area (Å²) < 4.78 is 0. The van der Waals surface area contributed by atoms with Crippen molar-refractivity contribution in [3.05, 3.63) is 65.5 Å². The maximum Gasteiger partial charge on any atom is 0.311 e. The third kappa shape index (κ3) is 4.39. The zero-order valence-corrected chi connectivity index (χ0v) is 13.0. The number of aromatic nitrogens is 1. The van der Waals surface area contributed by atoms with Gasteiger partial charge in [-0.1, -0.05) is 24.3 Å². The molecule has 0 bridgehead atoms. The Morgan fingerprint density at radius 1 is 1.00 bits per heavy atom. The molecule has 1 aromatic heterocycles. The number of hydrogen-bond acceptors (Lipinski definition) is 4. The monoisotopic (exact) mass is 326 g/mol. The van der Waals surface area contributed by atoms with Crippen molar-refractivity contribution in [1.29, 1.82) is 0 Å². The summed E-state index contributed by atoms with van der Waals surface area (Å²) in [5, 5.41) is 0. The van der Waals surface area contributed by atoms with Crippen molar-refractivity contribution < 1.29 is 14.4 Å². The van der Waals surface area contributed by atoms with E-state index in [1.54, 1.807) is 36.5 Å². The van der Waals surface area contributed by atoms with Gasteiger partial charge in [-0.3, -0.25) is 19.4 Å². The normalized spacial score (nSPS) is 10.2. The van der Waals surface area contributed by atoms with E-state index in [1.165, 1.54) is 4.90 Å². The number of nitrogens with zero attached hydrogens (tertiary/aromatic N) is 2. The molecule has 0 saturated carbocycles. The van der Waals surface area contributed by atoms with E-state index in [-0.39, 0.29) is 13.1 Å². The summed E-state index contributed by atoms with van der Waals surface area (Å²) in [6.45, 7) is 0.305. The molecule has 0 fully saturated rings. The standard InChI is InChI=1S/C17H18N4O3/c18-15(22)14-7-2-1-5-12(14)11-21(17(24)16(19)23)10-8-13-6-3-4-9-20-13/h1-7,9H,8,10-11H2,(H2,18,22)(H2,19,23). The lowest BCUT2D eigenvalue weighted by Crippen LogP contribution is -2.41. The summed E-state index contributed by atoms with van der Waals surface area (Å²) >= 11 is 0. The Morgan fingerprint density at radius 3 is 2.33 bits per heavy atom. The molecule has 0 aliphatic carbocycles. The van der Waals surface area contributed by atoms with Gasteiger partial charge in [0, 0.05) is 37.0 Å². The lowest BCUT2D eigenvalue weighted by atomic mass is 10.1. The molecule has 24 heavy (non-hydrogen) atoms. The van der Waals surface area contributed by atoms with E-state index in [0.717, 1.165) is 5.69 Å². The first-order valence-electron chi connectivity index (χ1n) is 7.35. The van der Waals surface area contributed by atoms with Gasteiger partial charge >= 0.3 is 11.8 Å². The summed E-state index contributed by atoms with van der Waals surface area (Å²) in [7, 11) is 0. The van der Waals surface area contributed by atoms with Gasteiger partial charge in [0.1, 0.15) is 0 Å². The number of carbonyl (C=O) groups is 3. The molecule has 4 N–H and O–H groups in total. The van der Waals surface area contributed by atoms with Gasteiger partial charge in [0.15, 0.2) is 0 Å². The lowest BCUT2D eigenvalue weighted by molar-refractivity contribution is -0.144. The van der Waals surface area contributed by atoms with Gasteiger partial charge in [-0.2, -0.15) is 0 Å². The van der Waals surface area contributed by atoms with Gasteiger partial charge in [-0.15, -0.1) is 0 Å². The molecule has 0 atom stereocenters. The third-order valence-corrected chi connectivity index (χ3v) is 3.51. The second-order valence-corrected chi connectivity index (χ2v) is 5.18. The summed E-state index contributed by atoms with van der Waals surface area (Å²) in [6.07, 6.45) is 2.11. The van der Waals surface area contributed by atoms with Crippen LogP contribution in [0.4, 0.5) is 0 Å². The van der Waals surface area contributed by atoms with E-state index in [4.69, 9.17) is 11.5 Å². The Kier molecular flexibility index (Phi) is 5.62. The van der Waals surface area contributed by atoms with Crippen LogP contribution in [0.3, 0.4) is 0 Å². The van der Waals surface area contributed by atoms with Gasteiger partial charge in [-0.05, 0) is 23.8 Å². The van der Waals surface area contributed by atoms with Crippen LogP contribution in [0.15, 0.2) is 48.7 Å². The Bertz CT molecular complexity index is 747. The van der Waals surface area contributed by atoms with E-state index in [9.17, 15) is 14.4 Å². The summed E-state index contributed by atoms with van der Waals surface area (Å²) in [6, 6.07) is 12.1. The highest BCUT2D eigenvalue weighted by Crippen LogP contribution is 2.12. The molecule has 2 rings (SSSR count).